The number of halogens is 1. The third kappa shape index (κ3) is 4.40. The standard InChI is InChI=1S/C19H28FN3O3Si/c1-5-13-10-26-18-15(20)7-6-14(16(13)18)17(24)19-21-11-22-23(19)12-25-8-9-27(2,3)4/h6-7,10-11,17,19,24H,5,8-9,12H2,1-4H3,(H,21,22). The van der Waals surface area contributed by atoms with Crippen LogP contribution in [-0.2, 0) is 11.2 Å². The number of hydrazine groups is 1. The lowest BCUT2D eigenvalue weighted by molar-refractivity contribution is -0.0349. The van der Waals surface area contributed by atoms with Gasteiger partial charge < -0.3 is 19.7 Å². The van der Waals surface area contributed by atoms with E-state index in [1.165, 1.54) is 6.07 Å². The first kappa shape index (κ1) is 20.0. The molecular weight excluding hydrogens is 365 g/mol. The molecular formula is C19H28FN3O3Si. The minimum absolute atomic E-state index is 0.177. The Morgan fingerprint density at radius 2 is 2.19 bits per heavy atom. The summed E-state index contributed by atoms with van der Waals surface area (Å²) in [5.41, 5.74) is 4.66. The van der Waals surface area contributed by atoms with Crippen LogP contribution in [0.5, 0.6) is 0 Å². The van der Waals surface area contributed by atoms with Gasteiger partial charge in [-0.3, -0.25) is 4.99 Å². The van der Waals surface area contributed by atoms with Crippen molar-refractivity contribution in [2.24, 2.45) is 4.99 Å². The zero-order chi connectivity index (χ0) is 19.6. The molecule has 2 heterocycles. The van der Waals surface area contributed by atoms with Crippen LogP contribution in [0, 0.1) is 5.82 Å². The van der Waals surface area contributed by atoms with Crippen LogP contribution in [-0.4, -0.2) is 44.0 Å². The van der Waals surface area contributed by atoms with Gasteiger partial charge in [0.1, 0.15) is 12.8 Å². The molecule has 1 aromatic carbocycles. The molecule has 1 aliphatic heterocycles. The Bertz CT molecular complexity index is 818. The van der Waals surface area contributed by atoms with E-state index in [2.05, 4.69) is 30.1 Å². The highest BCUT2D eigenvalue weighted by molar-refractivity contribution is 6.76. The number of benzene rings is 1. The van der Waals surface area contributed by atoms with E-state index in [1.54, 1.807) is 23.7 Å². The van der Waals surface area contributed by atoms with Crippen LogP contribution in [0.3, 0.4) is 0 Å². The summed E-state index contributed by atoms with van der Waals surface area (Å²) in [6.07, 6.45) is 2.29. The van der Waals surface area contributed by atoms with E-state index in [-0.39, 0.29) is 5.58 Å². The largest absolute Gasteiger partial charge is 0.461 e. The number of ether oxygens (including phenoxy) is 1. The molecule has 3 rings (SSSR count). The van der Waals surface area contributed by atoms with Gasteiger partial charge in [0.15, 0.2) is 17.6 Å². The van der Waals surface area contributed by atoms with Crippen molar-refractivity contribution in [3.63, 3.8) is 0 Å². The summed E-state index contributed by atoms with van der Waals surface area (Å²) in [5.74, 6) is -0.430. The van der Waals surface area contributed by atoms with Crippen LogP contribution < -0.4 is 5.43 Å². The van der Waals surface area contributed by atoms with E-state index in [4.69, 9.17) is 9.15 Å². The van der Waals surface area contributed by atoms with Crippen LogP contribution in [0.2, 0.25) is 25.7 Å². The fourth-order valence-electron chi connectivity index (χ4n) is 3.12. The molecule has 0 amide bonds. The second-order valence-electron chi connectivity index (χ2n) is 8.04. The quantitative estimate of drug-likeness (QED) is 0.529. The van der Waals surface area contributed by atoms with Gasteiger partial charge in [0.2, 0.25) is 0 Å². The van der Waals surface area contributed by atoms with Crippen LogP contribution in [0.4, 0.5) is 4.39 Å². The second-order valence-corrected chi connectivity index (χ2v) is 13.7. The molecule has 1 aromatic heterocycles. The summed E-state index contributed by atoms with van der Waals surface area (Å²) in [4.78, 5) is 4.33. The Kier molecular flexibility index (Phi) is 6.00. The van der Waals surface area contributed by atoms with Crippen LogP contribution >= 0.6 is 0 Å². The molecule has 0 fully saturated rings. The van der Waals surface area contributed by atoms with Crippen molar-refractivity contribution in [1.29, 1.82) is 0 Å². The minimum atomic E-state index is -1.15. The maximum Gasteiger partial charge on any atom is 0.170 e. The number of rotatable bonds is 8. The Labute approximate surface area is 160 Å². The summed E-state index contributed by atoms with van der Waals surface area (Å²) in [6.45, 7) is 9.86. The predicted molar refractivity (Wildman–Crippen MR) is 107 cm³/mol. The first-order chi connectivity index (χ1) is 12.8. The van der Waals surface area contributed by atoms with Crippen molar-refractivity contribution in [3.05, 3.63) is 35.3 Å². The highest BCUT2D eigenvalue weighted by Gasteiger charge is 2.32. The number of furan rings is 1. The summed E-state index contributed by atoms with van der Waals surface area (Å²) < 4.78 is 25.3. The number of nitrogens with one attached hydrogen (secondary N) is 1. The lowest BCUT2D eigenvalue weighted by Gasteiger charge is -2.27. The molecule has 0 saturated carbocycles. The number of aliphatic hydroxyl groups excluding tert-OH is 1. The van der Waals surface area contributed by atoms with E-state index < -0.39 is 26.2 Å². The zero-order valence-electron chi connectivity index (χ0n) is 16.3. The smallest absolute Gasteiger partial charge is 0.170 e. The lowest BCUT2D eigenvalue weighted by atomic mass is 9.98. The van der Waals surface area contributed by atoms with Gasteiger partial charge in [-0.15, -0.1) is 0 Å². The van der Waals surface area contributed by atoms with Crippen molar-refractivity contribution in [2.45, 2.75) is 51.3 Å². The molecule has 0 saturated heterocycles. The molecule has 27 heavy (non-hydrogen) atoms. The highest BCUT2D eigenvalue weighted by Crippen LogP contribution is 2.34. The van der Waals surface area contributed by atoms with Gasteiger partial charge in [-0.05, 0) is 29.7 Å². The predicted octanol–water partition coefficient (Wildman–Crippen LogP) is 3.65. The third-order valence-electron chi connectivity index (χ3n) is 4.76. The number of aryl methyl sites for hydroxylation is 1. The van der Waals surface area contributed by atoms with E-state index in [1.807, 2.05) is 6.92 Å². The maximum atomic E-state index is 14.1. The average molecular weight is 394 g/mol. The summed E-state index contributed by atoms with van der Waals surface area (Å²) in [5, 5.41) is 13.4. The fraction of sp³-hybridized carbons (Fsp3) is 0.526. The second kappa shape index (κ2) is 8.10. The zero-order valence-corrected chi connectivity index (χ0v) is 17.3. The van der Waals surface area contributed by atoms with E-state index >= 15 is 0 Å². The van der Waals surface area contributed by atoms with E-state index in [0.29, 0.717) is 30.7 Å². The molecule has 2 atom stereocenters. The van der Waals surface area contributed by atoms with Gasteiger partial charge in [0, 0.05) is 20.1 Å². The molecule has 2 unspecified atom stereocenters. The molecule has 0 aliphatic carbocycles. The average Bonchev–Trinajstić information content (AvgIpc) is 3.25. The van der Waals surface area contributed by atoms with Gasteiger partial charge in [-0.1, -0.05) is 32.6 Å². The Morgan fingerprint density at radius 1 is 1.41 bits per heavy atom. The van der Waals surface area contributed by atoms with Crippen LogP contribution in [0.15, 0.2) is 27.8 Å². The van der Waals surface area contributed by atoms with Crippen molar-refractivity contribution >= 4 is 25.4 Å². The fourth-order valence-corrected chi connectivity index (χ4v) is 3.88. The molecule has 148 valence electrons. The molecule has 2 aromatic rings. The van der Waals surface area contributed by atoms with Gasteiger partial charge in [-0.2, -0.15) is 5.01 Å². The SMILES string of the molecule is CCc1coc2c(F)ccc(C(O)C3N=CNN3COCC[Si](C)(C)C)c12. The molecule has 0 spiro atoms. The van der Waals surface area contributed by atoms with Crippen LogP contribution in [0.1, 0.15) is 24.2 Å². The van der Waals surface area contributed by atoms with Crippen molar-refractivity contribution < 1.29 is 18.7 Å². The topological polar surface area (TPSA) is 70.2 Å². The molecule has 0 bridgehead atoms. The highest BCUT2D eigenvalue weighted by atomic mass is 28.3. The Morgan fingerprint density at radius 3 is 2.89 bits per heavy atom. The molecule has 0 radical (unpaired) electrons. The number of aliphatic imine (C=N–C) groups is 1. The first-order valence-corrected chi connectivity index (χ1v) is 13.0. The van der Waals surface area contributed by atoms with E-state index in [9.17, 15) is 9.50 Å². The number of fused-ring (bicyclic) bond motifs is 1. The van der Waals surface area contributed by atoms with Gasteiger partial charge in [0.05, 0.1) is 12.6 Å². The number of hydrogen-bond donors (Lipinski definition) is 2. The summed E-state index contributed by atoms with van der Waals surface area (Å²) >= 11 is 0. The van der Waals surface area contributed by atoms with Crippen molar-refractivity contribution in [2.75, 3.05) is 13.3 Å². The molecule has 6 nitrogen and oxygen atoms in total. The summed E-state index contributed by atoms with van der Waals surface area (Å²) in [6, 6.07) is 4.00. The third-order valence-corrected chi connectivity index (χ3v) is 6.47. The van der Waals surface area contributed by atoms with E-state index in [0.717, 1.165) is 11.6 Å². The lowest BCUT2D eigenvalue weighted by Crippen LogP contribution is -2.43. The summed E-state index contributed by atoms with van der Waals surface area (Å²) in [7, 11) is -1.15. The Hall–Kier alpha value is -1.74. The molecule has 1 aliphatic rings. The Balaban J connectivity index is 1.76. The normalized spacial score (nSPS) is 19.0. The number of nitrogens with zero attached hydrogens (tertiary/aromatic N) is 2. The van der Waals surface area contributed by atoms with Crippen LogP contribution in [0.25, 0.3) is 11.0 Å². The van der Waals surface area contributed by atoms with Crippen molar-refractivity contribution in [3.8, 4) is 0 Å². The van der Waals surface area contributed by atoms with Gasteiger partial charge in [0.25, 0.3) is 0 Å². The van der Waals surface area contributed by atoms with Crippen molar-refractivity contribution in [1.82, 2.24) is 10.4 Å². The minimum Gasteiger partial charge on any atom is -0.461 e. The molecule has 8 heteroatoms. The van der Waals surface area contributed by atoms with Gasteiger partial charge in [-0.25, -0.2) is 4.39 Å². The maximum absolute atomic E-state index is 14.1. The van der Waals surface area contributed by atoms with Gasteiger partial charge >= 0.3 is 0 Å². The number of hydrogen-bond acceptors (Lipinski definition) is 6. The monoisotopic (exact) mass is 393 g/mol. The molecule has 2 N–H and O–H groups in total. The number of aliphatic hydroxyl groups is 1. The first-order valence-electron chi connectivity index (χ1n) is 9.30.